The monoisotopic (exact) mass is 301 g/mol. The second kappa shape index (κ2) is 7.57. The molecule has 116 valence electrons. The van der Waals surface area contributed by atoms with E-state index in [0.29, 0.717) is 30.8 Å². The van der Waals surface area contributed by atoms with Gasteiger partial charge in [-0.1, -0.05) is 0 Å². The fourth-order valence-electron chi connectivity index (χ4n) is 2.20. The highest BCUT2D eigenvalue weighted by Crippen LogP contribution is 2.39. The summed E-state index contributed by atoms with van der Waals surface area (Å²) in [4.78, 5) is 23.9. The van der Waals surface area contributed by atoms with Crippen molar-refractivity contribution in [2.75, 3.05) is 25.6 Å². The summed E-state index contributed by atoms with van der Waals surface area (Å²) in [5, 5.41) is 14.3. The molecule has 0 bridgehead atoms. The Hall–Kier alpha value is -2.39. The molecule has 6 heteroatoms. The van der Waals surface area contributed by atoms with Gasteiger partial charge in [0, 0.05) is 25.9 Å². The Labute approximate surface area is 129 Å². The van der Waals surface area contributed by atoms with Crippen LogP contribution in [0.25, 0.3) is 0 Å². The maximum Gasteiger partial charge on any atom is 0.228 e. The van der Waals surface area contributed by atoms with Crippen molar-refractivity contribution >= 4 is 17.5 Å². The Bertz CT molecular complexity index is 577. The SMILES string of the molecule is COCCCNC(=O)C1CC1C(=O)Nc1ccc(C#N)cc1. The third-order valence-electron chi connectivity index (χ3n) is 3.57. The van der Waals surface area contributed by atoms with E-state index in [1.165, 1.54) is 0 Å². The van der Waals surface area contributed by atoms with E-state index in [2.05, 4.69) is 10.6 Å². The standard InChI is InChI=1S/C16H19N3O3/c1-22-8-2-7-18-15(20)13-9-14(13)16(21)19-12-5-3-11(10-17)4-6-12/h3-6,13-14H,2,7-9H2,1H3,(H,18,20)(H,19,21). The molecule has 0 heterocycles. The third kappa shape index (κ3) is 4.30. The molecule has 2 amide bonds. The van der Waals surface area contributed by atoms with Crippen molar-refractivity contribution in [1.29, 1.82) is 5.26 Å². The van der Waals surface area contributed by atoms with Gasteiger partial charge in [0.15, 0.2) is 0 Å². The van der Waals surface area contributed by atoms with Crippen molar-refractivity contribution in [1.82, 2.24) is 5.32 Å². The van der Waals surface area contributed by atoms with Gasteiger partial charge in [0.05, 0.1) is 23.5 Å². The zero-order valence-electron chi connectivity index (χ0n) is 12.5. The van der Waals surface area contributed by atoms with Crippen molar-refractivity contribution in [3.05, 3.63) is 29.8 Å². The summed E-state index contributed by atoms with van der Waals surface area (Å²) in [6, 6.07) is 8.66. The normalized spacial score (nSPS) is 19.1. The summed E-state index contributed by atoms with van der Waals surface area (Å²) in [5.41, 5.74) is 1.17. The highest BCUT2D eigenvalue weighted by molar-refractivity contribution is 5.99. The number of hydrogen-bond donors (Lipinski definition) is 2. The minimum Gasteiger partial charge on any atom is -0.385 e. The van der Waals surface area contributed by atoms with E-state index in [-0.39, 0.29) is 23.7 Å². The minimum absolute atomic E-state index is 0.0731. The molecule has 2 atom stereocenters. The number of ether oxygens (including phenoxy) is 1. The molecular weight excluding hydrogens is 282 g/mol. The molecule has 1 aromatic carbocycles. The predicted octanol–water partition coefficient (Wildman–Crippen LogP) is 1.29. The lowest BCUT2D eigenvalue weighted by atomic mass is 10.2. The van der Waals surface area contributed by atoms with Crippen LogP contribution in [0.15, 0.2) is 24.3 Å². The molecule has 0 radical (unpaired) electrons. The zero-order valence-corrected chi connectivity index (χ0v) is 12.5. The molecule has 1 fully saturated rings. The number of nitrogens with one attached hydrogen (secondary N) is 2. The fourth-order valence-corrected chi connectivity index (χ4v) is 2.20. The van der Waals surface area contributed by atoms with Gasteiger partial charge in [-0.15, -0.1) is 0 Å². The van der Waals surface area contributed by atoms with Crippen LogP contribution in [-0.4, -0.2) is 32.1 Å². The van der Waals surface area contributed by atoms with E-state index in [4.69, 9.17) is 10.00 Å². The van der Waals surface area contributed by atoms with E-state index >= 15 is 0 Å². The third-order valence-corrected chi connectivity index (χ3v) is 3.57. The number of carbonyl (C=O) groups is 2. The van der Waals surface area contributed by atoms with Crippen LogP contribution in [0.5, 0.6) is 0 Å². The number of rotatable bonds is 7. The van der Waals surface area contributed by atoms with E-state index in [1.54, 1.807) is 31.4 Å². The van der Waals surface area contributed by atoms with Crippen LogP contribution in [-0.2, 0) is 14.3 Å². The highest BCUT2D eigenvalue weighted by Gasteiger charge is 2.47. The summed E-state index contributed by atoms with van der Waals surface area (Å²) in [7, 11) is 1.62. The van der Waals surface area contributed by atoms with Crippen molar-refractivity contribution in [3.63, 3.8) is 0 Å². The van der Waals surface area contributed by atoms with Gasteiger partial charge in [0.25, 0.3) is 0 Å². The van der Waals surface area contributed by atoms with Gasteiger partial charge in [-0.05, 0) is 37.1 Å². The highest BCUT2D eigenvalue weighted by atomic mass is 16.5. The van der Waals surface area contributed by atoms with E-state index in [9.17, 15) is 9.59 Å². The molecular formula is C16H19N3O3. The van der Waals surface area contributed by atoms with Crippen LogP contribution in [0.3, 0.4) is 0 Å². The first-order chi connectivity index (χ1) is 10.7. The van der Waals surface area contributed by atoms with E-state index < -0.39 is 0 Å². The Morgan fingerprint density at radius 1 is 1.27 bits per heavy atom. The molecule has 0 spiro atoms. The largest absolute Gasteiger partial charge is 0.385 e. The average Bonchev–Trinajstić information content (AvgIpc) is 3.33. The van der Waals surface area contributed by atoms with Gasteiger partial charge in [-0.3, -0.25) is 9.59 Å². The molecule has 2 rings (SSSR count). The fraction of sp³-hybridized carbons (Fsp3) is 0.438. The molecule has 1 aromatic rings. The summed E-state index contributed by atoms with van der Waals surface area (Å²) >= 11 is 0. The molecule has 22 heavy (non-hydrogen) atoms. The maximum absolute atomic E-state index is 12.0. The summed E-state index contributed by atoms with van der Waals surface area (Å²) in [5.74, 6) is -0.725. The summed E-state index contributed by atoms with van der Waals surface area (Å²) in [6.07, 6.45) is 1.34. The number of amides is 2. The van der Waals surface area contributed by atoms with Gasteiger partial charge in [0.1, 0.15) is 0 Å². The van der Waals surface area contributed by atoms with Crippen LogP contribution in [0, 0.1) is 23.2 Å². The van der Waals surface area contributed by atoms with Gasteiger partial charge < -0.3 is 15.4 Å². The molecule has 1 aliphatic rings. The molecule has 1 saturated carbocycles. The van der Waals surface area contributed by atoms with Gasteiger partial charge in [0.2, 0.25) is 11.8 Å². The zero-order chi connectivity index (χ0) is 15.9. The van der Waals surface area contributed by atoms with E-state index in [0.717, 1.165) is 6.42 Å². The molecule has 0 aromatic heterocycles. The number of hydrogen-bond acceptors (Lipinski definition) is 4. The summed E-state index contributed by atoms with van der Waals surface area (Å²) in [6.45, 7) is 1.17. The number of benzene rings is 1. The van der Waals surface area contributed by atoms with Crippen LogP contribution < -0.4 is 10.6 Å². The first kappa shape index (κ1) is 16.0. The molecule has 6 nitrogen and oxygen atoms in total. The van der Waals surface area contributed by atoms with Crippen molar-refractivity contribution < 1.29 is 14.3 Å². The maximum atomic E-state index is 12.0. The Morgan fingerprint density at radius 2 is 1.95 bits per heavy atom. The van der Waals surface area contributed by atoms with Crippen LogP contribution in [0.4, 0.5) is 5.69 Å². The molecule has 2 unspecified atom stereocenters. The Morgan fingerprint density at radius 3 is 2.59 bits per heavy atom. The first-order valence-corrected chi connectivity index (χ1v) is 7.23. The lowest BCUT2D eigenvalue weighted by molar-refractivity contribution is -0.125. The van der Waals surface area contributed by atoms with Crippen LogP contribution in [0.2, 0.25) is 0 Å². The number of nitrogens with zero attached hydrogens (tertiary/aromatic N) is 1. The number of methoxy groups -OCH3 is 1. The minimum atomic E-state index is -0.266. The second-order valence-electron chi connectivity index (χ2n) is 5.26. The lowest BCUT2D eigenvalue weighted by Crippen LogP contribution is -2.28. The molecule has 0 saturated heterocycles. The second-order valence-corrected chi connectivity index (χ2v) is 5.26. The number of carbonyl (C=O) groups excluding carboxylic acids is 2. The predicted molar refractivity (Wildman–Crippen MR) is 80.9 cm³/mol. The van der Waals surface area contributed by atoms with Gasteiger partial charge in [-0.25, -0.2) is 0 Å². The Kier molecular flexibility index (Phi) is 5.50. The molecule has 0 aliphatic heterocycles. The lowest BCUT2D eigenvalue weighted by Gasteiger charge is -2.06. The average molecular weight is 301 g/mol. The van der Waals surface area contributed by atoms with Crippen molar-refractivity contribution in [2.45, 2.75) is 12.8 Å². The topological polar surface area (TPSA) is 91.2 Å². The van der Waals surface area contributed by atoms with Crippen molar-refractivity contribution in [3.8, 4) is 6.07 Å². The van der Waals surface area contributed by atoms with Gasteiger partial charge >= 0.3 is 0 Å². The molecule has 2 N–H and O–H groups in total. The smallest absolute Gasteiger partial charge is 0.228 e. The molecule has 1 aliphatic carbocycles. The summed E-state index contributed by atoms with van der Waals surface area (Å²) < 4.78 is 4.91. The number of nitriles is 1. The number of anilines is 1. The quantitative estimate of drug-likeness (QED) is 0.742. The van der Waals surface area contributed by atoms with Gasteiger partial charge in [-0.2, -0.15) is 5.26 Å². The van der Waals surface area contributed by atoms with Crippen LogP contribution >= 0.6 is 0 Å². The Balaban J connectivity index is 1.75. The van der Waals surface area contributed by atoms with Crippen LogP contribution in [0.1, 0.15) is 18.4 Å². The first-order valence-electron chi connectivity index (χ1n) is 7.23. The van der Waals surface area contributed by atoms with Crippen molar-refractivity contribution in [2.24, 2.45) is 11.8 Å². The van der Waals surface area contributed by atoms with E-state index in [1.807, 2.05) is 6.07 Å².